The first kappa shape index (κ1) is 16.3. The Morgan fingerprint density at radius 2 is 2.09 bits per heavy atom. The van der Waals surface area contributed by atoms with Crippen LogP contribution in [0.5, 0.6) is 0 Å². The van der Waals surface area contributed by atoms with Gasteiger partial charge < -0.3 is 14.5 Å². The van der Waals surface area contributed by atoms with E-state index in [1.54, 1.807) is 4.57 Å². The van der Waals surface area contributed by atoms with Crippen LogP contribution in [0.3, 0.4) is 0 Å². The lowest BCUT2D eigenvalue weighted by atomic mass is 10.1. The summed E-state index contributed by atoms with van der Waals surface area (Å²) in [5.74, 6) is -1.07. The molecule has 0 radical (unpaired) electrons. The minimum absolute atomic E-state index is 0.248. The molecular formula is C13H17N4O4S-. The van der Waals surface area contributed by atoms with E-state index >= 15 is 0 Å². The number of fused-ring (bicyclic) bond motifs is 1. The lowest BCUT2D eigenvalue weighted by molar-refractivity contribution is -0.301. The number of rotatable bonds is 6. The maximum atomic E-state index is 12.1. The van der Waals surface area contributed by atoms with Gasteiger partial charge in [0, 0.05) is 19.3 Å². The van der Waals surface area contributed by atoms with Gasteiger partial charge in [0.25, 0.3) is 5.56 Å². The van der Waals surface area contributed by atoms with Gasteiger partial charge in [-0.05, 0) is 12.3 Å². The Morgan fingerprint density at radius 3 is 2.68 bits per heavy atom. The molecule has 120 valence electrons. The molecule has 22 heavy (non-hydrogen) atoms. The molecule has 0 aliphatic carbocycles. The molecule has 2 rings (SSSR count). The van der Waals surface area contributed by atoms with Gasteiger partial charge in [-0.2, -0.15) is 0 Å². The number of aromatic amines is 1. The molecule has 0 aliphatic heterocycles. The Labute approximate surface area is 130 Å². The summed E-state index contributed by atoms with van der Waals surface area (Å²) >= 11 is 0.977. The number of aliphatic carboxylic acids is 1. The Bertz CT molecular complexity index is 818. The lowest BCUT2D eigenvalue weighted by Crippen LogP contribution is -2.29. The summed E-state index contributed by atoms with van der Waals surface area (Å²) in [5, 5.41) is 11.1. The molecule has 2 aromatic rings. The normalized spacial score (nSPS) is 11.5. The van der Waals surface area contributed by atoms with E-state index in [2.05, 4.69) is 9.97 Å². The average molecular weight is 325 g/mol. The highest BCUT2D eigenvalue weighted by atomic mass is 32.2. The highest BCUT2D eigenvalue weighted by Crippen LogP contribution is 2.22. The molecule has 0 aliphatic rings. The summed E-state index contributed by atoms with van der Waals surface area (Å²) < 4.78 is 2.91. The number of nitrogens with zero attached hydrogens (tertiary/aromatic N) is 3. The van der Waals surface area contributed by atoms with Gasteiger partial charge in [-0.1, -0.05) is 25.6 Å². The third-order valence-electron chi connectivity index (χ3n) is 3.22. The molecule has 2 heterocycles. The van der Waals surface area contributed by atoms with Crippen LogP contribution in [0.4, 0.5) is 0 Å². The minimum Gasteiger partial charge on any atom is -0.549 e. The number of thioether (sulfide) groups is 1. The van der Waals surface area contributed by atoms with Crippen molar-refractivity contribution >= 4 is 28.9 Å². The third-order valence-corrected chi connectivity index (χ3v) is 4.17. The molecule has 2 aromatic heterocycles. The maximum Gasteiger partial charge on any atom is 0.329 e. The second-order valence-electron chi connectivity index (χ2n) is 5.38. The van der Waals surface area contributed by atoms with Gasteiger partial charge in [-0.15, -0.1) is 0 Å². The van der Waals surface area contributed by atoms with E-state index in [-0.39, 0.29) is 16.9 Å². The monoisotopic (exact) mass is 325 g/mol. The van der Waals surface area contributed by atoms with Crippen LogP contribution >= 0.6 is 11.8 Å². The Morgan fingerprint density at radius 1 is 1.41 bits per heavy atom. The van der Waals surface area contributed by atoms with Crippen molar-refractivity contribution in [3.63, 3.8) is 0 Å². The van der Waals surface area contributed by atoms with Crippen LogP contribution in [0.1, 0.15) is 20.3 Å². The molecule has 8 nitrogen and oxygen atoms in total. The molecule has 0 fully saturated rings. The highest BCUT2D eigenvalue weighted by molar-refractivity contribution is 7.99. The van der Waals surface area contributed by atoms with E-state index in [0.29, 0.717) is 17.6 Å². The summed E-state index contributed by atoms with van der Waals surface area (Å²) in [4.78, 5) is 40.9. The number of carbonyl (C=O) groups is 1. The van der Waals surface area contributed by atoms with Crippen molar-refractivity contribution in [1.82, 2.24) is 19.1 Å². The van der Waals surface area contributed by atoms with Crippen molar-refractivity contribution in [2.75, 3.05) is 5.75 Å². The van der Waals surface area contributed by atoms with Crippen molar-refractivity contribution in [3.05, 3.63) is 20.8 Å². The van der Waals surface area contributed by atoms with Gasteiger partial charge in [0.15, 0.2) is 16.3 Å². The van der Waals surface area contributed by atoms with Gasteiger partial charge in [0.2, 0.25) is 0 Å². The average Bonchev–Trinajstić information content (AvgIpc) is 2.79. The molecule has 0 spiro atoms. The Balaban J connectivity index is 2.61. The van der Waals surface area contributed by atoms with Crippen molar-refractivity contribution in [2.24, 2.45) is 13.0 Å². The quantitative estimate of drug-likeness (QED) is 0.704. The Kier molecular flexibility index (Phi) is 4.74. The Hall–Kier alpha value is -2.03. The van der Waals surface area contributed by atoms with Gasteiger partial charge >= 0.3 is 5.69 Å². The summed E-state index contributed by atoms with van der Waals surface area (Å²) in [7, 11) is 1.51. The van der Waals surface area contributed by atoms with Crippen molar-refractivity contribution in [3.8, 4) is 0 Å². The van der Waals surface area contributed by atoms with Crippen molar-refractivity contribution < 1.29 is 9.90 Å². The zero-order valence-corrected chi connectivity index (χ0v) is 13.4. The van der Waals surface area contributed by atoms with E-state index < -0.39 is 17.2 Å². The predicted molar refractivity (Wildman–Crippen MR) is 80.8 cm³/mol. The van der Waals surface area contributed by atoms with Crippen molar-refractivity contribution in [1.29, 1.82) is 0 Å². The van der Waals surface area contributed by atoms with Crippen molar-refractivity contribution in [2.45, 2.75) is 32.0 Å². The lowest BCUT2D eigenvalue weighted by Gasteiger charge is -2.10. The van der Waals surface area contributed by atoms with Gasteiger partial charge in [0.1, 0.15) is 0 Å². The van der Waals surface area contributed by atoms with Crippen LogP contribution in [0.15, 0.2) is 14.7 Å². The van der Waals surface area contributed by atoms with E-state index in [0.717, 1.165) is 18.2 Å². The number of imidazole rings is 1. The zero-order chi connectivity index (χ0) is 16.4. The van der Waals surface area contributed by atoms with Crippen LogP contribution in [0.2, 0.25) is 0 Å². The fourth-order valence-corrected chi connectivity index (χ4v) is 2.78. The first-order valence-corrected chi connectivity index (χ1v) is 7.82. The van der Waals surface area contributed by atoms with E-state index in [1.165, 1.54) is 11.6 Å². The number of carboxylic acids is 1. The van der Waals surface area contributed by atoms with Crippen LogP contribution in [-0.4, -0.2) is 30.8 Å². The van der Waals surface area contributed by atoms with Crippen LogP contribution < -0.4 is 16.4 Å². The molecule has 0 saturated heterocycles. The smallest absolute Gasteiger partial charge is 0.329 e. The number of aryl methyl sites for hydroxylation is 2. The summed E-state index contributed by atoms with van der Waals surface area (Å²) in [6.45, 7) is 4.62. The number of H-pyrrole nitrogens is 1. The van der Waals surface area contributed by atoms with Gasteiger partial charge in [-0.25, -0.2) is 9.78 Å². The summed E-state index contributed by atoms with van der Waals surface area (Å²) in [5.41, 5.74) is -0.543. The molecule has 0 unspecified atom stereocenters. The standard InChI is InChI=1S/C13H18N4O4S/c1-7(2)4-5-17-9-10(14-13(17)22-6-8(18)19)16(3)12(21)15-11(9)20/h7H,4-6H2,1-3H3,(H,18,19)(H,15,20,21)/p-1. The second-order valence-corrected chi connectivity index (χ2v) is 6.32. The molecule has 0 atom stereocenters. The topological polar surface area (TPSA) is 113 Å². The number of aromatic nitrogens is 4. The summed E-state index contributed by atoms with van der Waals surface area (Å²) in [6, 6.07) is 0. The molecule has 0 aromatic carbocycles. The summed E-state index contributed by atoms with van der Waals surface area (Å²) in [6.07, 6.45) is 0.798. The third kappa shape index (κ3) is 3.24. The molecule has 1 N–H and O–H groups in total. The number of hydrogen-bond acceptors (Lipinski definition) is 6. The maximum absolute atomic E-state index is 12.1. The molecule has 9 heteroatoms. The van der Waals surface area contributed by atoms with Gasteiger partial charge in [0.05, 0.1) is 5.97 Å². The van der Waals surface area contributed by atoms with E-state index in [1.807, 2.05) is 13.8 Å². The first-order chi connectivity index (χ1) is 10.3. The fraction of sp³-hybridized carbons (Fsp3) is 0.538. The molecule has 0 saturated carbocycles. The predicted octanol–water partition coefficient (Wildman–Crippen LogP) is -0.689. The number of hydrogen-bond donors (Lipinski definition) is 1. The zero-order valence-electron chi connectivity index (χ0n) is 12.6. The van der Waals surface area contributed by atoms with Crippen LogP contribution in [-0.2, 0) is 18.4 Å². The van der Waals surface area contributed by atoms with Gasteiger partial charge in [-0.3, -0.25) is 14.3 Å². The minimum atomic E-state index is -1.21. The number of carboxylic acid groups (broad SMARTS) is 1. The molecule has 0 amide bonds. The molecular weight excluding hydrogens is 308 g/mol. The first-order valence-electron chi connectivity index (χ1n) is 6.83. The van der Waals surface area contributed by atoms with E-state index in [4.69, 9.17) is 0 Å². The largest absolute Gasteiger partial charge is 0.549 e. The number of carbonyl (C=O) groups excluding carboxylic acids is 1. The van der Waals surface area contributed by atoms with E-state index in [9.17, 15) is 19.5 Å². The van der Waals surface area contributed by atoms with Crippen LogP contribution in [0, 0.1) is 5.92 Å². The fourth-order valence-electron chi connectivity index (χ4n) is 2.04. The SMILES string of the molecule is CC(C)CCn1c(SCC(=O)[O-])nc2c1c(=O)[nH]c(=O)n2C. The highest BCUT2D eigenvalue weighted by Gasteiger charge is 2.17. The molecule has 0 bridgehead atoms. The van der Waals surface area contributed by atoms with Crippen LogP contribution in [0.25, 0.3) is 11.2 Å². The second kappa shape index (κ2) is 6.39. The number of nitrogens with one attached hydrogen (secondary N) is 1.